The second-order valence-electron chi connectivity index (χ2n) is 6.83. The molecule has 0 amide bonds. The van der Waals surface area contributed by atoms with Gasteiger partial charge in [0.15, 0.2) is 0 Å². The zero-order valence-electron chi connectivity index (χ0n) is 15.0. The Morgan fingerprint density at radius 1 is 1.03 bits per heavy atom. The van der Waals surface area contributed by atoms with Gasteiger partial charge in [-0.25, -0.2) is 17.5 Å². The summed E-state index contributed by atoms with van der Waals surface area (Å²) in [4.78, 5) is -0.109. The molecule has 3 aromatic rings. The van der Waals surface area contributed by atoms with Crippen LogP contribution in [0.3, 0.4) is 0 Å². The fraction of sp³-hybridized carbons (Fsp3) is 0.333. The molecule has 29 heavy (non-hydrogen) atoms. The van der Waals surface area contributed by atoms with E-state index in [9.17, 15) is 26.0 Å². The van der Waals surface area contributed by atoms with E-state index in [1.807, 2.05) is 0 Å². The van der Waals surface area contributed by atoms with E-state index in [2.05, 4.69) is 10.3 Å². The largest absolute Gasteiger partial charge is 0.416 e. The molecule has 0 atom stereocenters. The molecular formula is C18H16F4N4O2S. The highest BCUT2D eigenvalue weighted by atomic mass is 32.2. The number of hydrogen-bond donors (Lipinski definition) is 0. The van der Waals surface area contributed by atoms with Crippen molar-refractivity contribution < 1.29 is 26.0 Å². The molecule has 0 aliphatic carbocycles. The molecule has 0 spiro atoms. The van der Waals surface area contributed by atoms with E-state index < -0.39 is 27.6 Å². The van der Waals surface area contributed by atoms with Gasteiger partial charge in [-0.2, -0.15) is 17.5 Å². The van der Waals surface area contributed by atoms with Crippen molar-refractivity contribution in [2.24, 2.45) is 0 Å². The maximum Gasteiger partial charge on any atom is 0.416 e. The Kier molecular flexibility index (Phi) is 4.82. The standard InChI is InChI=1S/C18H16F4N4O2S/c19-13-2-1-3-15(11-13)29(27,28)25-8-6-14(7-9-25)26-17-5-4-12(18(20,21)22)10-16(17)23-24-26/h1-5,10-11,14H,6-9H2. The van der Waals surface area contributed by atoms with Gasteiger partial charge in [-0.3, -0.25) is 0 Å². The van der Waals surface area contributed by atoms with Crippen molar-refractivity contribution in [3.63, 3.8) is 0 Å². The van der Waals surface area contributed by atoms with Crippen molar-refractivity contribution in [1.82, 2.24) is 19.3 Å². The number of halogens is 4. The summed E-state index contributed by atoms with van der Waals surface area (Å²) >= 11 is 0. The Morgan fingerprint density at radius 2 is 1.76 bits per heavy atom. The third kappa shape index (κ3) is 3.71. The van der Waals surface area contributed by atoms with E-state index in [1.165, 1.54) is 28.6 Å². The molecular weight excluding hydrogens is 412 g/mol. The molecule has 0 unspecified atom stereocenters. The van der Waals surface area contributed by atoms with E-state index in [4.69, 9.17) is 0 Å². The quantitative estimate of drug-likeness (QED) is 0.598. The number of piperidine rings is 1. The van der Waals surface area contributed by atoms with Gasteiger partial charge in [-0.15, -0.1) is 5.10 Å². The molecule has 0 bridgehead atoms. The van der Waals surface area contributed by atoms with Crippen molar-refractivity contribution >= 4 is 21.1 Å². The summed E-state index contributed by atoms with van der Waals surface area (Å²) in [7, 11) is -3.82. The lowest BCUT2D eigenvalue weighted by Crippen LogP contribution is -2.39. The second-order valence-corrected chi connectivity index (χ2v) is 8.77. The number of sulfonamides is 1. The van der Waals surface area contributed by atoms with Crippen molar-refractivity contribution in [2.75, 3.05) is 13.1 Å². The van der Waals surface area contributed by atoms with Crippen LogP contribution in [0.4, 0.5) is 17.6 Å². The summed E-state index contributed by atoms with van der Waals surface area (Å²) in [6.45, 7) is 0.372. The summed E-state index contributed by atoms with van der Waals surface area (Å²) in [6.07, 6.45) is -3.64. The van der Waals surface area contributed by atoms with Crippen LogP contribution in [0.15, 0.2) is 47.4 Å². The van der Waals surface area contributed by atoms with Gasteiger partial charge >= 0.3 is 6.18 Å². The van der Waals surface area contributed by atoms with Gasteiger partial charge < -0.3 is 0 Å². The van der Waals surface area contributed by atoms with E-state index in [-0.39, 0.29) is 29.5 Å². The Labute approximate surface area is 163 Å². The first-order valence-corrected chi connectivity index (χ1v) is 10.3. The number of rotatable bonds is 3. The monoisotopic (exact) mass is 428 g/mol. The van der Waals surface area contributed by atoms with Crippen LogP contribution in [0.5, 0.6) is 0 Å². The average Bonchev–Trinajstić information content (AvgIpc) is 3.11. The van der Waals surface area contributed by atoms with Crippen molar-refractivity contribution in [3.8, 4) is 0 Å². The van der Waals surface area contributed by atoms with Crippen LogP contribution in [-0.4, -0.2) is 40.8 Å². The van der Waals surface area contributed by atoms with Crippen LogP contribution in [0, 0.1) is 5.82 Å². The predicted octanol–water partition coefficient (Wildman–Crippen LogP) is 3.62. The minimum absolute atomic E-state index is 0.109. The first kappa shape index (κ1) is 19.8. The van der Waals surface area contributed by atoms with Gasteiger partial charge in [-0.1, -0.05) is 11.3 Å². The molecule has 2 heterocycles. The van der Waals surface area contributed by atoms with Crippen LogP contribution in [0.2, 0.25) is 0 Å². The lowest BCUT2D eigenvalue weighted by atomic mass is 10.1. The van der Waals surface area contributed by atoms with Gasteiger partial charge in [0.1, 0.15) is 11.3 Å². The topological polar surface area (TPSA) is 68.1 Å². The molecule has 4 rings (SSSR count). The van der Waals surface area contributed by atoms with Gasteiger partial charge in [0.25, 0.3) is 0 Å². The van der Waals surface area contributed by atoms with Crippen LogP contribution < -0.4 is 0 Å². The number of aromatic nitrogens is 3. The molecule has 1 aliphatic heterocycles. The third-order valence-electron chi connectivity index (χ3n) is 5.00. The maximum absolute atomic E-state index is 13.4. The molecule has 2 aromatic carbocycles. The maximum atomic E-state index is 13.4. The lowest BCUT2D eigenvalue weighted by Gasteiger charge is -2.31. The molecule has 6 nitrogen and oxygen atoms in total. The van der Waals surface area contributed by atoms with Crippen molar-refractivity contribution in [1.29, 1.82) is 0 Å². The predicted molar refractivity (Wildman–Crippen MR) is 96.0 cm³/mol. The summed E-state index contributed by atoms with van der Waals surface area (Å²) < 4.78 is 80.2. The minimum atomic E-state index is -4.46. The highest BCUT2D eigenvalue weighted by molar-refractivity contribution is 7.89. The highest BCUT2D eigenvalue weighted by Gasteiger charge is 2.33. The number of alkyl halides is 3. The van der Waals surface area contributed by atoms with Crippen LogP contribution in [0.25, 0.3) is 11.0 Å². The van der Waals surface area contributed by atoms with E-state index >= 15 is 0 Å². The zero-order chi connectivity index (χ0) is 20.8. The minimum Gasteiger partial charge on any atom is -0.242 e. The fourth-order valence-electron chi connectivity index (χ4n) is 3.49. The second kappa shape index (κ2) is 7.06. The molecule has 154 valence electrons. The average molecular weight is 428 g/mol. The first-order valence-electron chi connectivity index (χ1n) is 8.84. The van der Waals surface area contributed by atoms with Gasteiger partial charge in [-0.05, 0) is 49.2 Å². The normalized spacial score (nSPS) is 17.1. The molecule has 1 fully saturated rings. The number of fused-ring (bicyclic) bond motifs is 1. The Balaban J connectivity index is 1.53. The van der Waals surface area contributed by atoms with E-state index in [0.717, 1.165) is 18.2 Å². The molecule has 1 saturated heterocycles. The van der Waals surface area contributed by atoms with Crippen LogP contribution in [-0.2, 0) is 16.2 Å². The number of nitrogens with zero attached hydrogens (tertiary/aromatic N) is 4. The fourth-order valence-corrected chi connectivity index (χ4v) is 4.99. The Morgan fingerprint density at radius 3 is 2.41 bits per heavy atom. The Hall–Kier alpha value is -2.53. The molecule has 1 aliphatic rings. The highest BCUT2D eigenvalue weighted by Crippen LogP contribution is 2.33. The summed E-state index contributed by atoms with van der Waals surface area (Å²) in [5.74, 6) is -0.631. The van der Waals surface area contributed by atoms with E-state index in [1.54, 1.807) is 4.68 Å². The zero-order valence-corrected chi connectivity index (χ0v) is 15.8. The lowest BCUT2D eigenvalue weighted by molar-refractivity contribution is -0.137. The van der Waals surface area contributed by atoms with Gasteiger partial charge in [0, 0.05) is 13.1 Å². The first-order chi connectivity index (χ1) is 13.7. The smallest absolute Gasteiger partial charge is 0.242 e. The van der Waals surface area contributed by atoms with Crippen molar-refractivity contribution in [2.45, 2.75) is 30.0 Å². The van der Waals surface area contributed by atoms with Crippen LogP contribution >= 0.6 is 0 Å². The molecule has 0 saturated carbocycles. The van der Waals surface area contributed by atoms with Crippen LogP contribution in [0.1, 0.15) is 24.4 Å². The van der Waals surface area contributed by atoms with Gasteiger partial charge in [0.2, 0.25) is 10.0 Å². The third-order valence-corrected chi connectivity index (χ3v) is 6.90. The Bertz CT molecular complexity index is 1150. The number of benzene rings is 2. The summed E-state index contributed by atoms with van der Waals surface area (Å²) in [6, 6.07) is 7.88. The summed E-state index contributed by atoms with van der Waals surface area (Å²) in [5.41, 5.74) is -0.202. The molecule has 1 aromatic heterocycles. The van der Waals surface area contributed by atoms with E-state index in [0.29, 0.717) is 18.4 Å². The SMILES string of the molecule is O=S(=O)(c1cccc(F)c1)N1CCC(n2nnc3cc(C(F)(F)F)ccc32)CC1. The number of hydrogen-bond acceptors (Lipinski definition) is 4. The molecule has 0 N–H and O–H groups in total. The van der Waals surface area contributed by atoms with Crippen molar-refractivity contribution in [3.05, 3.63) is 53.8 Å². The summed E-state index contributed by atoms with van der Waals surface area (Å²) in [5, 5.41) is 7.81. The van der Waals surface area contributed by atoms with Gasteiger partial charge in [0.05, 0.1) is 22.0 Å². The molecule has 11 heteroatoms. The molecule has 0 radical (unpaired) electrons.